The average Bonchev–Trinajstić information content (AvgIpc) is 1.18. The van der Waals surface area contributed by atoms with Crippen molar-refractivity contribution in [3.05, 3.63) is 24.3 Å². The summed E-state index contributed by atoms with van der Waals surface area (Å²) >= 11 is 1.20. The zero-order valence-corrected chi connectivity index (χ0v) is 57.9. The Hall–Kier alpha value is -4.65. The second-order valence-corrected chi connectivity index (χ2v) is 25.6. The van der Waals surface area contributed by atoms with Crippen LogP contribution in [0.15, 0.2) is 24.3 Å². The number of carbonyl (C=O) groups excluding carboxylic acids is 7. The van der Waals surface area contributed by atoms with Crippen LogP contribution in [0.4, 0.5) is 0 Å². The average molecular weight is 1320 g/mol. The first-order chi connectivity index (χ1) is 44.6. The van der Waals surface area contributed by atoms with E-state index < -0.39 is 90.4 Å². The van der Waals surface area contributed by atoms with Crippen LogP contribution in [0, 0.1) is 0 Å². The number of carboxylic acids is 1. The Balaban J connectivity index is 5.81. The van der Waals surface area contributed by atoms with Gasteiger partial charge in [0.05, 0.1) is 12.6 Å². The number of ether oxygens (including phenoxy) is 2. The number of rotatable bonds is 65. The van der Waals surface area contributed by atoms with Gasteiger partial charge >= 0.3 is 17.9 Å². The van der Waals surface area contributed by atoms with Gasteiger partial charge in [-0.05, 0) is 167 Å². The van der Waals surface area contributed by atoms with E-state index in [0.717, 1.165) is 77.0 Å². The van der Waals surface area contributed by atoms with Crippen LogP contribution in [0.2, 0.25) is 0 Å². The van der Waals surface area contributed by atoms with E-state index in [2.05, 4.69) is 64.7 Å². The number of aliphatic carboxylic acids is 1. The quantitative estimate of drug-likeness (QED) is 0.0154. The normalized spacial score (nSPS) is 13.8. The first kappa shape index (κ1) is 87.3. The first-order valence-corrected chi connectivity index (χ1v) is 36.9. The van der Waals surface area contributed by atoms with E-state index in [0.29, 0.717) is 83.8 Å². The fraction of sp³-hybridized carbons (Fsp3) is 0.826. The molecule has 0 rings (SSSR count). The summed E-state index contributed by atoms with van der Waals surface area (Å²) in [5.74, 6) is -5.77. The maximum absolute atomic E-state index is 14.1. The molecular formula is C69H130N10O12S. The second-order valence-electron chi connectivity index (χ2n) is 24.6. The molecule has 0 saturated carbocycles. The molecule has 1 unspecified atom stereocenters. The highest BCUT2D eigenvalue weighted by atomic mass is 32.2. The van der Waals surface area contributed by atoms with Gasteiger partial charge in [0.2, 0.25) is 29.5 Å². The lowest BCUT2D eigenvalue weighted by Crippen LogP contribution is -2.59. The Morgan fingerprint density at radius 1 is 0.402 bits per heavy atom. The molecule has 22 nitrogen and oxygen atoms in total. The van der Waals surface area contributed by atoms with Gasteiger partial charge in [0.15, 0.2) is 0 Å². The molecular weight excluding hydrogens is 1190 g/mol. The zero-order valence-electron chi connectivity index (χ0n) is 57.1. The number of carbonyl (C=O) groups is 8. The highest BCUT2D eigenvalue weighted by Crippen LogP contribution is 2.17. The van der Waals surface area contributed by atoms with Gasteiger partial charge in [-0.2, -0.15) is 11.8 Å². The summed E-state index contributed by atoms with van der Waals surface area (Å²) in [7, 11) is 0. The van der Waals surface area contributed by atoms with Gasteiger partial charge in [-0.1, -0.05) is 141 Å². The molecule has 0 heterocycles. The number of nitrogens with one attached hydrogen (secondary N) is 5. The lowest BCUT2D eigenvalue weighted by Gasteiger charge is -2.27. The van der Waals surface area contributed by atoms with Crippen molar-refractivity contribution in [1.29, 1.82) is 0 Å². The van der Waals surface area contributed by atoms with Gasteiger partial charge in [0.25, 0.3) is 0 Å². The highest BCUT2D eigenvalue weighted by molar-refractivity contribution is 7.99. The summed E-state index contributed by atoms with van der Waals surface area (Å²) < 4.78 is 11.5. The first-order valence-electron chi connectivity index (χ1n) is 35.8. The van der Waals surface area contributed by atoms with E-state index in [1.54, 1.807) is 0 Å². The molecule has 0 aromatic carbocycles. The topological polar surface area (TPSA) is 386 Å². The van der Waals surface area contributed by atoms with Crippen LogP contribution in [0.3, 0.4) is 0 Å². The lowest BCUT2D eigenvalue weighted by atomic mass is 10.0. The van der Waals surface area contributed by atoms with Crippen molar-refractivity contribution in [3.63, 3.8) is 0 Å². The van der Waals surface area contributed by atoms with Gasteiger partial charge in [-0.3, -0.25) is 33.6 Å². The number of carboxylic acid groups (broad SMARTS) is 1. The third-order valence-corrected chi connectivity index (χ3v) is 17.3. The van der Waals surface area contributed by atoms with Crippen molar-refractivity contribution < 1.29 is 58.0 Å². The molecule has 534 valence electrons. The Labute approximate surface area is 558 Å². The number of aliphatic hydroxyl groups is 1. The minimum atomic E-state index is -1.55. The third kappa shape index (κ3) is 49.9. The number of hydrogen-bond acceptors (Lipinski definition) is 17. The summed E-state index contributed by atoms with van der Waals surface area (Å²) in [6, 6.07) is -7.63. The van der Waals surface area contributed by atoms with Crippen LogP contribution in [-0.4, -0.2) is 151 Å². The summed E-state index contributed by atoms with van der Waals surface area (Å²) in [6.07, 6.45) is 42.4. The zero-order chi connectivity index (χ0) is 68.1. The Morgan fingerprint density at radius 2 is 0.728 bits per heavy atom. The number of hydrogen-bond donors (Lipinski definition) is 12. The molecule has 0 spiro atoms. The molecule has 0 saturated heterocycles. The van der Waals surface area contributed by atoms with Crippen molar-refractivity contribution in [2.24, 2.45) is 28.7 Å². The van der Waals surface area contributed by atoms with Crippen LogP contribution in [0.25, 0.3) is 0 Å². The lowest BCUT2D eigenvalue weighted by molar-refractivity contribution is -0.157. The minimum absolute atomic E-state index is 0.00104. The van der Waals surface area contributed by atoms with Crippen molar-refractivity contribution in [3.8, 4) is 0 Å². The van der Waals surface area contributed by atoms with Crippen molar-refractivity contribution in [1.82, 2.24) is 26.6 Å². The fourth-order valence-electron chi connectivity index (χ4n) is 10.3. The number of aliphatic hydroxyl groups excluding tert-OH is 1. The molecule has 7 atom stereocenters. The van der Waals surface area contributed by atoms with Crippen LogP contribution >= 0.6 is 11.8 Å². The molecule has 5 amide bonds. The minimum Gasteiger partial charge on any atom is -0.480 e. The number of unbranched alkanes of at least 4 members (excludes halogenated alkanes) is 26. The number of allylic oxidation sites excluding steroid dienone is 4. The Bertz CT molecular complexity index is 1970. The Kier molecular flexibility index (Phi) is 59.3. The predicted octanol–water partition coefficient (Wildman–Crippen LogP) is 8.59. The number of nitrogens with two attached hydrogens (primary N) is 5. The largest absolute Gasteiger partial charge is 0.480 e. The van der Waals surface area contributed by atoms with Gasteiger partial charge in [-0.25, -0.2) is 4.79 Å². The molecule has 0 aliphatic heterocycles. The number of thioether (sulfide) groups is 1. The molecule has 0 aromatic rings. The van der Waals surface area contributed by atoms with E-state index >= 15 is 0 Å². The van der Waals surface area contributed by atoms with E-state index in [9.17, 15) is 48.6 Å². The molecule has 23 heteroatoms. The van der Waals surface area contributed by atoms with Crippen molar-refractivity contribution in [2.75, 3.05) is 50.9 Å². The second kappa shape index (κ2) is 62.5. The summed E-state index contributed by atoms with van der Waals surface area (Å²) in [5.41, 5.74) is 29.2. The molecule has 0 bridgehead atoms. The van der Waals surface area contributed by atoms with E-state index in [-0.39, 0.29) is 69.2 Å². The molecule has 92 heavy (non-hydrogen) atoms. The van der Waals surface area contributed by atoms with Crippen molar-refractivity contribution in [2.45, 2.75) is 313 Å². The summed E-state index contributed by atoms with van der Waals surface area (Å²) in [4.78, 5) is 107. The molecule has 0 aliphatic carbocycles. The van der Waals surface area contributed by atoms with Gasteiger partial charge < -0.3 is 74.9 Å². The van der Waals surface area contributed by atoms with Gasteiger partial charge in [0, 0.05) is 24.3 Å². The molecule has 17 N–H and O–H groups in total. The number of esters is 2. The van der Waals surface area contributed by atoms with Crippen molar-refractivity contribution >= 4 is 59.2 Å². The molecule has 0 fully saturated rings. The molecule has 0 radical (unpaired) electrons. The van der Waals surface area contributed by atoms with Crippen LogP contribution in [-0.2, 0) is 47.8 Å². The smallest absolute Gasteiger partial charge is 0.326 e. The van der Waals surface area contributed by atoms with Crippen LogP contribution < -0.4 is 55.3 Å². The third-order valence-electron chi connectivity index (χ3n) is 16.1. The van der Waals surface area contributed by atoms with Crippen LogP contribution in [0.5, 0.6) is 0 Å². The molecule has 0 aromatic heterocycles. The van der Waals surface area contributed by atoms with Crippen LogP contribution in [0.1, 0.15) is 271 Å². The highest BCUT2D eigenvalue weighted by Gasteiger charge is 2.33. The fourth-order valence-corrected chi connectivity index (χ4v) is 11.3. The summed E-state index contributed by atoms with van der Waals surface area (Å²) in [6.45, 7) is 4.69. The van der Waals surface area contributed by atoms with E-state index in [1.807, 2.05) is 0 Å². The van der Waals surface area contributed by atoms with E-state index in [1.165, 1.54) is 88.8 Å². The summed E-state index contributed by atoms with van der Waals surface area (Å²) in [5, 5.41) is 33.3. The predicted molar refractivity (Wildman–Crippen MR) is 371 cm³/mol. The SMILES string of the molecule is CCCCCCCC/C=C/CCCCCCCC(=O)OCC(CSC[C@H](N)C(=O)N[C@@H](CO)C(=O)N[C@@H](CCCCN)C(=O)N[C@@H](CCCCN)C(=O)N[C@@H](CCCCN)C(=O)N[C@@H](CCCCN)C(=O)O)OC(=O)CCCCCCC/C=C/CCCCCCCC. The maximum Gasteiger partial charge on any atom is 0.326 e. The van der Waals surface area contributed by atoms with E-state index in [4.69, 9.17) is 38.1 Å². The number of amides is 5. The monoisotopic (exact) mass is 1320 g/mol. The van der Waals surface area contributed by atoms with Gasteiger partial charge in [0.1, 0.15) is 42.9 Å². The standard InChI is InChI=1S/C69H130N10O12S/c1-3-5-7-9-11-13-15-17-19-21-23-25-27-29-31-45-62(81)90-52-55(91-63(82)46-32-30-28-26-24-22-20-18-16-14-12-10-8-6-4-2)53-92-54-56(74)64(83)79-61(51-80)68(87)77-58(42-34-38-48-71)66(85)75-57(41-33-37-47-70)65(84)76-59(43-35-39-49-72)67(86)78-60(69(88)89)44-36-40-50-73/h17-20,55-61,80H,3-16,21-54,70-74H2,1-2H3,(H,75,85)(H,76,84)(H,77,87)(H,78,86)(H,79,83)(H,88,89)/b19-17+,20-18+/t55?,56-,57-,58-,59-,60-,61-/m0/s1. The maximum atomic E-state index is 14.1. The molecule has 0 aliphatic rings. The van der Waals surface area contributed by atoms with Gasteiger partial charge in [-0.15, -0.1) is 0 Å². The Morgan fingerprint density at radius 3 is 1.10 bits per heavy atom.